The monoisotopic (exact) mass is 753 g/mol. The van der Waals surface area contributed by atoms with Gasteiger partial charge in [-0.15, -0.1) is 0 Å². The van der Waals surface area contributed by atoms with Crippen molar-refractivity contribution in [3.8, 4) is 17.2 Å². The number of halogens is 1. The molecule has 4 heterocycles. The molecule has 0 spiro atoms. The van der Waals surface area contributed by atoms with Crippen LogP contribution in [-0.4, -0.2) is 96.6 Å². The van der Waals surface area contributed by atoms with Crippen molar-refractivity contribution in [3.05, 3.63) is 58.8 Å². The third-order valence-corrected chi connectivity index (χ3v) is 10.9. The standard InChI is InChI=1S/C34H36FN7O10S/c1-39-31-23(42(34(39)48)24-7-8-27(44)37-33(24)47)3-2-4-26(31)52-20-9-12-40(13-10-20)17-28(45)36-11-14-51-21-6-5-19-15-25(43)32(30(35)22(19)16-21)41-18-29(46)38-53(41,49)50/h2-6,15-16,20,24,43H,7-14,17-18H2,1H3,(H,36,45)(H,38,46)(H,37,44,47). The number of aromatic hydroxyl groups is 1. The van der Waals surface area contributed by atoms with Crippen molar-refractivity contribution in [2.45, 2.75) is 37.8 Å². The van der Waals surface area contributed by atoms with Crippen molar-refractivity contribution < 1.29 is 46.6 Å². The molecule has 0 radical (unpaired) electrons. The molecule has 17 nitrogen and oxygen atoms in total. The van der Waals surface area contributed by atoms with E-state index in [4.69, 9.17) is 9.47 Å². The maximum absolute atomic E-state index is 15.5. The lowest BCUT2D eigenvalue weighted by Gasteiger charge is -2.31. The van der Waals surface area contributed by atoms with E-state index in [9.17, 15) is 37.5 Å². The smallest absolute Gasteiger partial charge is 0.329 e. The van der Waals surface area contributed by atoms with Crippen molar-refractivity contribution in [2.75, 3.05) is 43.6 Å². The molecule has 280 valence electrons. The average Bonchev–Trinajstić information content (AvgIpc) is 3.53. The van der Waals surface area contributed by atoms with Crippen LogP contribution in [-0.2, 0) is 36.4 Å². The SMILES string of the molecule is Cn1c(=O)n(C2CCC(=O)NC2=O)c2cccc(OC3CCN(CC(=O)NCCOc4ccc5cc(O)c(N6CC(=O)NS6(=O)=O)c(F)c5c4)CC3)c21. The number of carbonyl (C=O) groups is 4. The average molecular weight is 754 g/mol. The predicted molar refractivity (Wildman–Crippen MR) is 187 cm³/mol. The molecular formula is C34H36FN7O10S. The number of para-hydroxylation sites is 1. The Hall–Kier alpha value is -5.69. The molecule has 53 heavy (non-hydrogen) atoms. The second-order valence-corrected chi connectivity index (χ2v) is 14.7. The van der Waals surface area contributed by atoms with Crippen LogP contribution < -0.4 is 34.8 Å². The first-order valence-electron chi connectivity index (χ1n) is 16.9. The molecular weight excluding hydrogens is 717 g/mol. The summed E-state index contributed by atoms with van der Waals surface area (Å²) in [5, 5.41) is 15.7. The highest BCUT2D eigenvalue weighted by Gasteiger charge is 2.38. The Labute approximate surface area is 301 Å². The van der Waals surface area contributed by atoms with E-state index in [0.717, 1.165) is 0 Å². The topological polar surface area (TPSA) is 211 Å². The zero-order valence-electron chi connectivity index (χ0n) is 28.5. The minimum atomic E-state index is -4.36. The van der Waals surface area contributed by atoms with Crippen LogP contribution in [0, 0.1) is 5.82 Å². The van der Waals surface area contributed by atoms with Gasteiger partial charge < -0.3 is 19.9 Å². The largest absolute Gasteiger partial charge is 0.506 e. The molecule has 0 aliphatic carbocycles. The Bertz CT molecular complexity index is 2340. The van der Waals surface area contributed by atoms with Crippen molar-refractivity contribution in [2.24, 2.45) is 7.05 Å². The van der Waals surface area contributed by atoms with E-state index < -0.39 is 51.9 Å². The van der Waals surface area contributed by atoms with Gasteiger partial charge in [0.05, 0.1) is 18.6 Å². The summed E-state index contributed by atoms with van der Waals surface area (Å²) >= 11 is 0. The Kier molecular flexibility index (Phi) is 9.45. The first-order valence-corrected chi connectivity index (χ1v) is 18.4. The van der Waals surface area contributed by atoms with Crippen molar-refractivity contribution >= 4 is 61.3 Å². The van der Waals surface area contributed by atoms with Crippen LogP contribution in [0.15, 0.2) is 47.3 Å². The molecule has 0 bridgehead atoms. The van der Waals surface area contributed by atoms with E-state index in [-0.39, 0.29) is 72.7 Å². The van der Waals surface area contributed by atoms with Gasteiger partial charge in [-0.1, -0.05) is 12.1 Å². The van der Waals surface area contributed by atoms with Gasteiger partial charge in [-0.25, -0.2) is 18.2 Å². The molecule has 3 fully saturated rings. The number of hydrogen-bond acceptors (Lipinski definition) is 11. The minimum absolute atomic E-state index is 0.0346. The van der Waals surface area contributed by atoms with E-state index in [0.29, 0.717) is 47.0 Å². The van der Waals surface area contributed by atoms with Crippen LogP contribution in [0.5, 0.6) is 17.2 Å². The molecule has 1 aromatic heterocycles. The minimum Gasteiger partial charge on any atom is -0.506 e. The summed E-state index contributed by atoms with van der Waals surface area (Å²) in [6.07, 6.45) is 1.46. The highest BCUT2D eigenvalue weighted by molar-refractivity contribution is 7.92. The number of fused-ring (bicyclic) bond motifs is 2. The fourth-order valence-electron chi connectivity index (χ4n) is 6.99. The van der Waals surface area contributed by atoms with Gasteiger partial charge in [0.15, 0.2) is 5.82 Å². The summed E-state index contributed by atoms with van der Waals surface area (Å²) in [4.78, 5) is 63.8. The summed E-state index contributed by atoms with van der Waals surface area (Å²) in [5.41, 5.74) is 0.0583. The summed E-state index contributed by atoms with van der Waals surface area (Å²) in [7, 11) is -2.74. The summed E-state index contributed by atoms with van der Waals surface area (Å²) < 4.78 is 57.1. The van der Waals surface area contributed by atoms with E-state index >= 15 is 4.39 Å². The number of imidazole rings is 1. The van der Waals surface area contributed by atoms with Gasteiger partial charge in [-0.05, 0) is 55.0 Å². The van der Waals surface area contributed by atoms with Gasteiger partial charge in [0.25, 0.3) is 5.91 Å². The van der Waals surface area contributed by atoms with Gasteiger partial charge in [-0.2, -0.15) is 8.42 Å². The number of benzene rings is 3. The highest BCUT2D eigenvalue weighted by atomic mass is 32.2. The van der Waals surface area contributed by atoms with Crippen LogP contribution in [0.4, 0.5) is 10.1 Å². The van der Waals surface area contributed by atoms with E-state index in [2.05, 4.69) is 10.6 Å². The number of piperidine rings is 2. The Balaban J connectivity index is 0.901. The number of nitrogens with zero attached hydrogens (tertiary/aromatic N) is 4. The Morgan fingerprint density at radius 2 is 1.83 bits per heavy atom. The first kappa shape index (κ1) is 35.7. The van der Waals surface area contributed by atoms with Crippen LogP contribution in [0.3, 0.4) is 0 Å². The number of likely N-dealkylation sites (tertiary alicyclic amines) is 1. The van der Waals surface area contributed by atoms with Crippen LogP contribution in [0.1, 0.15) is 31.7 Å². The molecule has 7 rings (SSSR count). The molecule has 3 aliphatic rings. The number of aryl methyl sites for hydroxylation is 1. The van der Waals surface area contributed by atoms with Crippen LogP contribution in [0.25, 0.3) is 21.8 Å². The fraction of sp³-hybridized carbons (Fsp3) is 0.382. The molecule has 4 amide bonds. The summed E-state index contributed by atoms with van der Waals surface area (Å²) in [6.45, 7) is 0.854. The molecule has 0 saturated carbocycles. The zero-order chi connectivity index (χ0) is 37.6. The number of amides is 4. The lowest BCUT2D eigenvalue weighted by atomic mass is 10.1. The zero-order valence-corrected chi connectivity index (χ0v) is 29.3. The quantitative estimate of drug-likeness (QED) is 0.130. The summed E-state index contributed by atoms with van der Waals surface area (Å²) in [5.74, 6) is -2.89. The Morgan fingerprint density at radius 3 is 2.55 bits per heavy atom. The summed E-state index contributed by atoms with van der Waals surface area (Å²) in [6, 6.07) is 10.0. The number of ether oxygens (including phenoxy) is 2. The number of rotatable bonds is 10. The highest BCUT2D eigenvalue weighted by Crippen LogP contribution is 2.39. The lowest BCUT2D eigenvalue weighted by molar-refractivity contribution is -0.135. The van der Waals surface area contributed by atoms with Gasteiger partial charge >= 0.3 is 15.9 Å². The number of hydrogen-bond donors (Lipinski definition) is 4. The van der Waals surface area contributed by atoms with Crippen molar-refractivity contribution in [3.63, 3.8) is 0 Å². The number of carbonyl (C=O) groups excluding carboxylic acids is 4. The van der Waals surface area contributed by atoms with Gasteiger partial charge in [0.1, 0.15) is 53.8 Å². The third-order valence-electron chi connectivity index (χ3n) is 9.55. The van der Waals surface area contributed by atoms with Crippen LogP contribution >= 0.6 is 0 Å². The molecule has 4 N–H and O–H groups in total. The molecule has 1 atom stereocenters. The van der Waals surface area contributed by atoms with E-state index in [1.165, 1.54) is 27.3 Å². The lowest BCUT2D eigenvalue weighted by Crippen LogP contribution is -2.44. The number of imide groups is 1. The normalized spacial score (nSPS) is 19.4. The number of anilines is 1. The molecule has 1 unspecified atom stereocenters. The van der Waals surface area contributed by atoms with Gasteiger partial charge in [0, 0.05) is 31.9 Å². The molecule has 3 saturated heterocycles. The van der Waals surface area contributed by atoms with Crippen molar-refractivity contribution in [1.29, 1.82) is 0 Å². The van der Waals surface area contributed by atoms with E-state index in [1.807, 2.05) is 4.90 Å². The fourth-order valence-corrected chi connectivity index (χ4v) is 8.15. The number of phenols is 1. The maximum Gasteiger partial charge on any atom is 0.329 e. The second-order valence-electron chi connectivity index (χ2n) is 13.1. The van der Waals surface area contributed by atoms with Crippen LogP contribution in [0.2, 0.25) is 0 Å². The van der Waals surface area contributed by atoms with Crippen molar-refractivity contribution in [1.82, 2.24) is 29.4 Å². The molecule has 19 heteroatoms. The van der Waals surface area contributed by atoms with Gasteiger partial charge in [0.2, 0.25) is 17.7 Å². The van der Waals surface area contributed by atoms with E-state index in [1.54, 1.807) is 36.0 Å². The molecule has 4 aromatic rings. The third kappa shape index (κ3) is 6.96. The number of aromatic nitrogens is 2. The number of phenolic OH excluding ortho intramolecular Hbond substituents is 1. The first-order chi connectivity index (χ1) is 25.3. The molecule has 3 aliphatic heterocycles. The predicted octanol–water partition coefficient (Wildman–Crippen LogP) is 0.535. The Morgan fingerprint density at radius 1 is 1.06 bits per heavy atom. The second kappa shape index (κ2) is 14.0. The maximum atomic E-state index is 15.5. The molecule has 3 aromatic carbocycles. The van der Waals surface area contributed by atoms with Gasteiger partial charge in [-0.3, -0.25) is 38.5 Å². The number of nitrogens with one attached hydrogen (secondary N) is 3.